The van der Waals surface area contributed by atoms with Crippen molar-refractivity contribution in [1.82, 2.24) is 20.4 Å². The second kappa shape index (κ2) is 15.3. The van der Waals surface area contributed by atoms with Crippen molar-refractivity contribution in [2.24, 2.45) is 0 Å². The Bertz CT molecular complexity index is 1360. The van der Waals surface area contributed by atoms with Crippen LogP contribution in [0.1, 0.15) is 88.1 Å². The van der Waals surface area contributed by atoms with E-state index in [1.807, 2.05) is 0 Å². The van der Waals surface area contributed by atoms with Crippen molar-refractivity contribution in [3.8, 4) is 21.1 Å². The minimum atomic E-state index is 0.179. The van der Waals surface area contributed by atoms with Crippen LogP contribution in [0.4, 0.5) is 0 Å². The molecule has 0 bridgehead atoms. The Morgan fingerprint density at radius 3 is 1.20 bits per heavy atom. The molecule has 0 saturated carbocycles. The Labute approximate surface area is 273 Å². The number of halogens is 6. The highest BCUT2D eigenvalue weighted by Crippen LogP contribution is 2.55. The molecule has 0 aliphatic heterocycles. The zero-order valence-corrected chi connectivity index (χ0v) is 28.5. The number of nitrogens with zero attached hydrogens (tertiary/aromatic N) is 4. The van der Waals surface area contributed by atoms with Gasteiger partial charge in [-0.05, 0) is 12.8 Å². The largest absolute Gasteiger partial charge is 0.150 e. The smallest absolute Gasteiger partial charge is 0.143 e. The second-order valence-corrected chi connectivity index (χ2v) is 14.1. The van der Waals surface area contributed by atoms with Crippen molar-refractivity contribution in [2.75, 3.05) is 0 Å². The molecule has 0 N–H and O–H groups in total. The lowest BCUT2D eigenvalue weighted by molar-refractivity contribution is 0.630. The molecule has 0 atom stereocenters. The fourth-order valence-electron chi connectivity index (χ4n) is 4.61. The monoisotopic (exact) mass is 696 g/mol. The number of unbranched alkanes of at least 4 members (excludes halogenated alkanes) is 8. The number of hydrogen-bond acceptors (Lipinski definition) is 6. The van der Waals surface area contributed by atoms with Gasteiger partial charge in [-0.2, -0.15) is 0 Å². The van der Waals surface area contributed by atoms with Crippen LogP contribution in [0, 0.1) is 0 Å². The van der Waals surface area contributed by atoms with Crippen LogP contribution in [-0.4, -0.2) is 20.4 Å². The first-order valence-electron chi connectivity index (χ1n) is 13.6. The van der Waals surface area contributed by atoms with Crippen molar-refractivity contribution in [2.45, 2.75) is 90.9 Å². The topological polar surface area (TPSA) is 51.6 Å². The molecule has 0 aliphatic rings. The first-order valence-corrected chi connectivity index (χ1v) is 17.5. The Morgan fingerprint density at radius 2 is 0.825 bits per heavy atom. The van der Waals surface area contributed by atoms with Crippen LogP contribution in [0.2, 0.25) is 30.1 Å². The van der Waals surface area contributed by atoms with Gasteiger partial charge in [0.2, 0.25) is 0 Å². The van der Waals surface area contributed by atoms with E-state index in [0.29, 0.717) is 31.9 Å². The SMILES string of the molecule is CCCCCCCc1nnc(-c2c(Cl)c(Cl)c(Cl)c3c(-c4nnc(CCCCCCC)s4)c(Cl)c(Cl)c(Cl)c23)s1. The quantitative estimate of drug-likeness (QED) is 0.0971. The number of rotatable bonds is 14. The van der Waals surface area contributed by atoms with Crippen LogP contribution >= 0.6 is 92.3 Å². The highest BCUT2D eigenvalue weighted by atomic mass is 35.5. The summed E-state index contributed by atoms with van der Waals surface area (Å²) in [6, 6.07) is 0. The standard InChI is InChI=1S/C28H30Cl6N4S2/c1-3-5-7-9-11-13-15-35-37-27(39-15)19-17-18(22(30)25(33)23(19)31)20(24(32)26(34)21(17)29)28-38-36-16(40-28)14-12-10-8-6-4-2/h3-14H2,1-2H3. The molecule has 0 amide bonds. The van der Waals surface area contributed by atoms with Gasteiger partial charge in [0.05, 0.1) is 30.1 Å². The molecule has 4 nitrogen and oxygen atoms in total. The second-order valence-electron chi connectivity index (χ2n) is 9.71. The molecule has 0 saturated heterocycles. The summed E-state index contributed by atoms with van der Waals surface area (Å²) in [6.45, 7) is 4.41. The first-order chi connectivity index (χ1) is 19.3. The van der Waals surface area contributed by atoms with E-state index in [-0.39, 0.29) is 30.1 Å². The summed E-state index contributed by atoms with van der Waals surface area (Å²) in [5.41, 5.74) is 1.07. The zero-order valence-electron chi connectivity index (χ0n) is 22.4. The van der Waals surface area contributed by atoms with E-state index in [2.05, 4.69) is 34.2 Å². The van der Waals surface area contributed by atoms with Crippen molar-refractivity contribution in [3.05, 3.63) is 40.2 Å². The molecule has 12 heteroatoms. The minimum absolute atomic E-state index is 0.179. The number of benzene rings is 2. The fraction of sp³-hybridized carbons (Fsp3) is 0.500. The summed E-state index contributed by atoms with van der Waals surface area (Å²) in [5.74, 6) is 0. The van der Waals surface area contributed by atoms with Crippen LogP contribution in [0.15, 0.2) is 0 Å². The highest BCUT2D eigenvalue weighted by molar-refractivity contribution is 7.15. The summed E-state index contributed by atoms with van der Waals surface area (Å²) < 4.78 is 0. The summed E-state index contributed by atoms with van der Waals surface area (Å²) in [4.78, 5) is 0. The third-order valence-corrected chi connectivity index (χ3v) is 11.4. The van der Waals surface area contributed by atoms with Crippen LogP contribution in [-0.2, 0) is 12.8 Å². The highest BCUT2D eigenvalue weighted by Gasteiger charge is 2.29. The predicted molar refractivity (Wildman–Crippen MR) is 177 cm³/mol. The van der Waals surface area contributed by atoms with E-state index in [0.717, 1.165) is 48.5 Å². The Morgan fingerprint density at radius 1 is 0.450 bits per heavy atom. The molecule has 2 aromatic heterocycles. The summed E-state index contributed by atoms with van der Waals surface area (Å²) in [5, 5.41) is 23.1. The minimum Gasteiger partial charge on any atom is -0.143 e. The van der Waals surface area contributed by atoms with E-state index >= 15 is 0 Å². The fourth-order valence-corrected chi connectivity index (χ4v) is 8.20. The van der Waals surface area contributed by atoms with Gasteiger partial charge < -0.3 is 0 Å². The molecule has 2 aromatic carbocycles. The normalized spacial score (nSPS) is 11.7. The molecule has 40 heavy (non-hydrogen) atoms. The van der Waals surface area contributed by atoms with Crippen LogP contribution in [0.3, 0.4) is 0 Å². The van der Waals surface area contributed by atoms with Gasteiger partial charge in [0, 0.05) is 34.7 Å². The molecular weight excluding hydrogens is 669 g/mol. The predicted octanol–water partition coefficient (Wildman–Crippen LogP) is 12.8. The van der Waals surface area contributed by atoms with Crippen molar-refractivity contribution < 1.29 is 0 Å². The van der Waals surface area contributed by atoms with Gasteiger partial charge in [0.1, 0.15) is 20.0 Å². The average Bonchev–Trinajstić information content (AvgIpc) is 3.61. The molecule has 0 unspecified atom stereocenters. The molecular formula is C28H30Cl6N4S2. The Kier molecular flexibility index (Phi) is 12.4. The molecule has 4 aromatic rings. The third-order valence-electron chi connectivity index (χ3n) is 6.75. The van der Waals surface area contributed by atoms with Crippen LogP contribution < -0.4 is 0 Å². The van der Waals surface area contributed by atoms with E-state index in [4.69, 9.17) is 69.6 Å². The number of fused-ring (bicyclic) bond motifs is 1. The average molecular weight is 699 g/mol. The molecule has 4 rings (SSSR count). The molecule has 0 spiro atoms. The Balaban J connectivity index is 1.78. The molecule has 0 fully saturated rings. The maximum atomic E-state index is 6.84. The lowest BCUT2D eigenvalue weighted by Gasteiger charge is -2.17. The van der Waals surface area contributed by atoms with Gasteiger partial charge >= 0.3 is 0 Å². The maximum absolute atomic E-state index is 6.84. The maximum Gasteiger partial charge on any atom is 0.150 e. The van der Waals surface area contributed by atoms with E-state index in [1.165, 1.54) is 61.2 Å². The molecule has 0 aliphatic carbocycles. The van der Waals surface area contributed by atoms with E-state index in [1.54, 1.807) is 0 Å². The molecule has 216 valence electrons. The molecule has 2 heterocycles. The lowest BCUT2D eigenvalue weighted by Crippen LogP contribution is -1.93. The van der Waals surface area contributed by atoms with E-state index in [9.17, 15) is 0 Å². The summed E-state index contributed by atoms with van der Waals surface area (Å²) >= 11 is 43.6. The van der Waals surface area contributed by atoms with Crippen molar-refractivity contribution in [1.29, 1.82) is 0 Å². The first kappa shape index (κ1) is 32.5. The van der Waals surface area contributed by atoms with Crippen molar-refractivity contribution in [3.63, 3.8) is 0 Å². The number of hydrogen-bond donors (Lipinski definition) is 0. The van der Waals surface area contributed by atoms with E-state index < -0.39 is 0 Å². The molecule has 0 radical (unpaired) electrons. The Hall–Kier alpha value is -0.440. The van der Waals surface area contributed by atoms with Gasteiger partial charge in [-0.15, -0.1) is 20.4 Å². The summed E-state index contributed by atoms with van der Waals surface area (Å²) in [6.07, 6.45) is 13.4. The third kappa shape index (κ3) is 7.19. The van der Waals surface area contributed by atoms with Crippen molar-refractivity contribution >= 4 is 103 Å². The number of aryl methyl sites for hydroxylation is 2. The lowest BCUT2D eigenvalue weighted by atomic mass is 9.99. The van der Waals surface area contributed by atoms with Gasteiger partial charge in [-0.3, -0.25) is 0 Å². The van der Waals surface area contributed by atoms with Crippen LogP contribution in [0.25, 0.3) is 31.9 Å². The number of aromatic nitrogens is 4. The van der Waals surface area contributed by atoms with Gasteiger partial charge in [-0.25, -0.2) is 0 Å². The van der Waals surface area contributed by atoms with Crippen LogP contribution in [0.5, 0.6) is 0 Å². The van der Waals surface area contributed by atoms with Gasteiger partial charge in [0.15, 0.2) is 0 Å². The van der Waals surface area contributed by atoms with Gasteiger partial charge in [-0.1, -0.05) is 157 Å². The van der Waals surface area contributed by atoms with Gasteiger partial charge in [0.25, 0.3) is 0 Å². The zero-order chi connectivity index (χ0) is 28.8. The summed E-state index contributed by atoms with van der Waals surface area (Å²) in [7, 11) is 0.